The van der Waals surface area contributed by atoms with Gasteiger partial charge in [0, 0.05) is 17.2 Å². The van der Waals surface area contributed by atoms with Crippen molar-refractivity contribution in [3.63, 3.8) is 0 Å². The second-order valence-corrected chi connectivity index (χ2v) is 8.01. The second-order valence-electron chi connectivity index (χ2n) is 8.01. The molecule has 2 N–H and O–H groups in total. The van der Waals surface area contributed by atoms with Crippen molar-refractivity contribution in [2.45, 2.75) is 45.3 Å². The first-order valence-corrected chi connectivity index (χ1v) is 10.6. The number of fused-ring (bicyclic) bond motifs is 1. The summed E-state index contributed by atoms with van der Waals surface area (Å²) in [7, 11) is 0. The summed E-state index contributed by atoms with van der Waals surface area (Å²) in [6.07, 6.45) is 2.64. The normalized spacial score (nSPS) is 15.2. The van der Waals surface area contributed by atoms with E-state index < -0.39 is 5.97 Å². The number of nitrogens with zero attached hydrogens (tertiary/aromatic N) is 3. The average molecular weight is 432 g/mol. The third-order valence-electron chi connectivity index (χ3n) is 5.38. The van der Waals surface area contributed by atoms with Gasteiger partial charge in [0.2, 0.25) is 5.82 Å². The molecule has 0 spiro atoms. The summed E-state index contributed by atoms with van der Waals surface area (Å²) in [5, 5.41) is 25.8. The number of hydrogen-bond donors (Lipinski definition) is 2. The Morgan fingerprint density at radius 2 is 2.22 bits per heavy atom. The lowest BCUT2D eigenvalue weighted by Gasteiger charge is -2.27. The van der Waals surface area contributed by atoms with Crippen LogP contribution in [-0.2, 0) is 11.2 Å². The summed E-state index contributed by atoms with van der Waals surface area (Å²) < 4.78 is 11.2. The van der Waals surface area contributed by atoms with E-state index >= 15 is 0 Å². The minimum absolute atomic E-state index is 0.0205. The van der Waals surface area contributed by atoms with Crippen LogP contribution in [-0.4, -0.2) is 33.9 Å². The smallest absolute Gasteiger partial charge is 0.317 e. The van der Waals surface area contributed by atoms with Crippen LogP contribution in [0.2, 0.25) is 0 Å². The van der Waals surface area contributed by atoms with Crippen molar-refractivity contribution in [1.82, 2.24) is 15.5 Å². The van der Waals surface area contributed by atoms with Gasteiger partial charge in [-0.25, -0.2) is 0 Å². The molecule has 32 heavy (non-hydrogen) atoms. The highest BCUT2D eigenvalue weighted by molar-refractivity contribution is 5.69. The molecule has 1 heterocycles. The molecule has 0 saturated heterocycles. The first-order valence-electron chi connectivity index (χ1n) is 10.6. The Bertz CT molecular complexity index is 1180. The Balaban J connectivity index is 1.64. The van der Waals surface area contributed by atoms with Gasteiger partial charge in [0.15, 0.2) is 0 Å². The zero-order valence-electron chi connectivity index (χ0n) is 18.0. The molecule has 3 aromatic rings. The molecule has 8 nitrogen and oxygen atoms in total. The van der Waals surface area contributed by atoms with Crippen LogP contribution in [0.5, 0.6) is 5.75 Å². The van der Waals surface area contributed by atoms with E-state index in [-0.39, 0.29) is 18.7 Å². The molecule has 1 aromatic heterocycles. The number of carboxylic acids is 1. The molecule has 0 radical (unpaired) electrons. The van der Waals surface area contributed by atoms with Crippen molar-refractivity contribution in [2.75, 3.05) is 6.54 Å². The summed E-state index contributed by atoms with van der Waals surface area (Å²) in [6, 6.07) is 13.2. The van der Waals surface area contributed by atoms with Gasteiger partial charge in [-0.3, -0.25) is 4.79 Å². The van der Waals surface area contributed by atoms with E-state index in [4.69, 9.17) is 14.4 Å². The summed E-state index contributed by atoms with van der Waals surface area (Å²) in [5.41, 5.74) is 4.10. The fourth-order valence-corrected chi connectivity index (χ4v) is 4.04. The number of nitrogens with one attached hydrogen (secondary N) is 1. The van der Waals surface area contributed by atoms with Gasteiger partial charge >= 0.3 is 5.97 Å². The number of aliphatic carboxylic acids is 1. The van der Waals surface area contributed by atoms with Gasteiger partial charge in [0.25, 0.3) is 5.89 Å². The van der Waals surface area contributed by atoms with Crippen LogP contribution in [0.4, 0.5) is 0 Å². The van der Waals surface area contributed by atoms with E-state index in [1.54, 1.807) is 18.2 Å². The van der Waals surface area contributed by atoms with E-state index in [0.29, 0.717) is 28.6 Å². The molecule has 1 atom stereocenters. The minimum atomic E-state index is -0.877. The summed E-state index contributed by atoms with van der Waals surface area (Å²) in [4.78, 5) is 15.6. The van der Waals surface area contributed by atoms with Crippen LogP contribution in [0.3, 0.4) is 0 Å². The Hall–Kier alpha value is -3.70. The van der Waals surface area contributed by atoms with E-state index in [0.717, 1.165) is 36.0 Å². The van der Waals surface area contributed by atoms with Gasteiger partial charge in [-0.15, -0.1) is 0 Å². The zero-order valence-corrected chi connectivity index (χ0v) is 18.0. The van der Waals surface area contributed by atoms with Gasteiger partial charge in [-0.05, 0) is 62.4 Å². The molecule has 1 aliphatic rings. The van der Waals surface area contributed by atoms with Crippen molar-refractivity contribution in [1.29, 1.82) is 5.26 Å². The van der Waals surface area contributed by atoms with Gasteiger partial charge in [0.1, 0.15) is 11.8 Å². The maximum absolute atomic E-state index is 11.0. The fraction of sp³-hybridized carbons (Fsp3) is 0.333. The van der Waals surface area contributed by atoms with Crippen LogP contribution in [0.25, 0.3) is 22.8 Å². The molecule has 0 bridgehead atoms. The number of ether oxygens (including phenoxy) is 1. The van der Waals surface area contributed by atoms with E-state index in [2.05, 4.69) is 21.5 Å². The molecule has 164 valence electrons. The van der Waals surface area contributed by atoms with E-state index in [1.807, 2.05) is 32.0 Å². The number of hydrogen-bond acceptors (Lipinski definition) is 7. The highest BCUT2D eigenvalue weighted by atomic mass is 16.5. The van der Waals surface area contributed by atoms with Crippen molar-refractivity contribution in [2.24, 2.45) is 0 Å². The monoisotopic (exact) mass is 432 g/mol. The van der Waals surface area contributed by atoms with Gasteiger partial charge < -0.3 is 19.7 Å². The Labute approximate surface area is 185 Å². The van der Waals surface area contributed by atoms with Crippen LogP contribution in [0.15, 0.2) is 40.9 Å². The van der Waals surface area contributed by atoms with Crippen LogP contribution in [0.1, 0.15) is 49.4 Å². The highest BCUT2D eigenvalue weighted by Crippen LogP contribution is 2.36. The number of aromatic nitrogens is 2. The SMILES string of the molecule is CC(C)Oc1ccc(-c2nc(-c3cccc4c3CCC[C@H]4NCC(=O)O)no2)cc1C#N. The van der Waals surface area contributed by atoms with Gasteiger partial charge in [0.05, 0.1) is 18.2 Å². The molecule has 0 unspecified atom stereocenters. The maximum atomic E-state index is 11.0. The van der Waals surface area contributed by atoms with Crippen molar-refractivity contribution in [3.05, 3.63) is 53.1 Å². The molecule has 4 rings (SSSR count). The lowest BCUT2D eigenvalue weighted by molar-refractivity contribution is -0.136. The summed E-state index contributed by atoms with van der Waals surface area (Å²) in [5.74, 6) is 0.430. The van der Waals surface area contributed by atoms with Crippen LogP contribution < -0.4 is 10.1 Å². The van der Waals surface area contributed by atoms with Crippen molar-refractivity contribution >= 4 is 5.97 Å². The number of carbonyl (C=O) groups is 1. The van der Waals surface area contributed by atoms with Crippen molar-refractivity contribution < 1.29 is 19.2 Å². The lowest BCUT2D eigenvalue weighted by Crippen LogP contribution is -2.30. The molecule has 8 heteroatoms. The number of rotatable bonds is 7. The predicted molar refractivity (Wildman–Crippen MR) is 117 cm³/mol. The lowest BCUT2D eigenvalue weighted by atomic mass is 9.84. The number of carboxylic acid groups (broad SMARTS) is 1. The topological polar surface area (TPSA) is 121 Å². The largest absolute Gasteiger partial charge is 0.490 e. The molecule has 2 aromatic carbocycles. The van der Waals surface area contributed by atoms with Crippen LogP contribution in [0, 0.1) is 11.3 Å². The molecule has 0 saturated carbocycles. The number of nitriles is 1. The van der Waals surface area contributed by atoms with Gasteiger partial charge in [-0.2, -0.15) is 10.2 Å². The number of benzene rings is 2. The Morgan fingerprint density at radius 3 is 2.97 bits per heavy atom. The fourth-order valence-electron chi connectivity index (χ4n) is 4.04. The maximum Gasteiger partial charge on any atom is 0.317 e. The summed E-state index contributed by atoms with van der Waals surface area (Å²) in [6.45, 7) is 3.72. The third-order valence-corrected chi connectivity index (χ3v) is 5.38. The zero-order chi connectivity index (χ0) is 22.7. The van der Waals surface area contributed by atoms with Gasteiger partial charge in [-0.1, -0.05) is 23.4 Å². The highest BCUT2D eigenvalue weighted by Gasteiger charge is 2.25. The molecular weight excluding hydrogens is 408 g/mol. The quantitative estimate of drug-likeness (QED) is 0.572. The first-order chi connectivity index (χ1) is 15.5. The molecule has 0 fully saturated rings. The first kappa shape index (κ1) is 21.5. The second kappa shape index (κ2) is 9.20. The minimum Gasteiger partial charge on any atom is -0.490 e. The van der Waals surface area contributed by atoms with E-state index in [1.165, 1.54) is 0 Å². The average Bonchev–Trinajstić information content (AvgIpc) is 3.27. The molecule has 1 aliphatic carbocycles. The van der Waals surface area contributed by atoms with Crippen molar-refractivity contribution in [3.8, 4) is 34.7 Å². The molecule has 0 aliphatic heterocycles. The van der Waals surface area contributed by atoms with Crippen LogP contribution >= 0.6 is 0 Å². The third kappa shape index (κ3) is 4.48. The molecular formula is C24H24N4O4. The molecule has 0 amide bonds. The van der Waals surface area contributed by atoms with E-state index in [9.17, 15) is 10.1 Å². The summed E-state index contributed by atoms with van der Waals surface area (Å²) >= 11 is 0. The standard InChI is InChI=1S/C24H24N4O4/c1-14(2)31-21-10-9-15(11-16(21)12-25)24-27-23(28-32-24)19-7-3-6-18-17(19)5-4-8-20(18)26-13-22(29)30/h3,6-7,9-11,14,20,26H,4-5,8,13H2,1-2H3,(H,29,30)/t20-/m1/s1. The predicted octanol–water partition coefficient (Wildman–Crippen LogP) is 4.11. The Kier molecular flexibility index (Phi) is 6.19. The Morgan fingerprint density at radius 1 is 1.38 bits per heavy atom.